The molecule has 4 heteroatoms. The van der Waals surface area contributed by atoms with E-state index in [1.807, 2.05) is 35.2 Å². The summed E-state index contributed by atoms with van der Waals surface area (Å²) in [5.74, 6) is 1.17. The quantitative estimate of drug-likeness (QED) is 0.759. The smallest absolute Gasteiger partial charge is 0.223 e. The monoisotopic (exact) mass is 333 g/mol. The summed E-state index contributed by atoms with van der Waals surface area (Å²) in [5, 5.41) is 0. The Hall–Kier alpha value is -2.62. The number of fused-ring (bicyclic) bond motifs is 1. The number of amides is 1. The Kier molecular flexibility index (Phi) is 4.51. The predicted octanol–water partition coefficient (Wildman–Crippen LogP) is 4.25. The third-order valence-corrected chi connectivity index (χ3v) is 5.00. The van der Waals surface area contributed by atoms with Crippen molar-refractivity contribution in [1.29, 1.82) is 0 Å². The number of carbonyl (C=O) groups is 1. The molecule has 0 radical (unpaired) electrons. The molecule has 1 amide bonds. The van der Waals surface area contributed by atoms with Crippen molar-refractivity contribution >= 4 is 16.9 Å². The molecule has 1 aliphatic heterocycles. The molecule has 3 aromatic rings. The standard InChI is InChI=1S/C21H23N3O/c25-20(14-6-10-16-8-2-1-3-9-16)24-15-7-13-19(24)21-22-17-11-4-5-12-18(17)23-21/h1-5,8-9,11-12,19H,6-7,10,13-15H2,(H,22,23). The van der Waals surface area contributed by atoms with Crippen molar-refractivity contribution in [2.24, 2.45) is 0 Å². The molecule has 0 spiro atoms. The number of para-hydroxylation sites is 2. The maximum absolute atomic E-state index is 12.7. The second-order valence-electron chi connectivity index (χ2n) is 6.72. The van der Waals surface area contributed by atoms with Gasteiger partial charge in [-0.15, -0.1) is 0 Å². The van der Waals surface area contributed by atoms with Gasteiger partial charge < -0.3 is 9.88 Å². The second kappa shape index (κ2) is 7.09. The van der Waals surface area contributed by atoms with E-state index < -0.39 is 0 Å². The van der Waals surface area contributed by atoms with Crippen LogP contribution in [0.2, 0.25) is 0 Å². The van der Waals surface area contributed by atoms with Gasteiger partial charge in [-0.2, -0.15) is 0 Å². The van der Waals surface area contributed by atoms with Crippen LogP contribution in [-0.4, -0.2) is 27.3 Å². The number of hydrogen-bond acceptors (Lipinski definition) is 2. The average molecular weight is 333 g/mol. The zero-order valence-electron chi connectivity index (χ0n) is 14.3. The number of carbonyl (C=O) groups excluding carboxylic acids is 1. The largest absolute Gasteiger partial charge is 0.340 e. The molecule has 1 aliphatic rings. The highest BCUT2D eigenvalue weighted by Gasteiger charge is 2.31. The molecule has 4 nitrogen and oxygen atoms in total. The van der Waals surface area contributed by atoms with Gasteiger partial charge in [-0.25, -0.2) is 4.98 Å². The molecule has 1 aromatic heterocycles. The molecule has 1 N–H and O–H groups in total. The predicted molar refractivity (Wildman–Crippen MR) is 99.2 cm³/mol. The van der Waals surface area contributed by atoms with Gasteiger partial charge in [0.15, 0.2) is 0 Å². The van der Waals surface area contributed by atoms with Crippen LogP contribution in [-0.2, 0) is 11.2 Å². The summed E-state index contributed by atoms with van der Waals surface area (Å²) in [7, 11) is 0. The van der Waals surface area contributed by atoms with Crippen LogP contribution in [0, 0.1) is 0 Å². The lowest BCUT2D eigenvalue weighted by Crippen LogP contribution is -2.30. The van der Waals surface area contributed by atoms with Crippen LogP contribution in [0.3, 0.4) is 0 Å². The van der Waals surface area contributed by atoms with Crippen molar-refractivity contribution in [3.63, 3.8) is 0 Å². The Balaban J connectivity index is 1.41. The molecule has 1 saturated heterocycles. The summed E-state index contributed by atoms with van der Waals surface area (Å²) in [5.41, 5.74) is 3.31. The van der Waals surface area contributed by atoms with Gasteiger partial charge in [0.05, 0.1) is 17.1 Å². The minimum Gasteiger partial charge on any atom is -0.340 e. The van der Waals surface area contributed by atoms with Crippen molar-refractivity contribution in [2.45, 2.75) is 38.1 Å². The van der Waals surface area contributed by atoms with Gasteiger partial charge in [-0.1, -0.05) is 42.5 Å². The highest BCUT2D eigenvalue weighted by molar-refractivity contribution is 5.78. The Morgan fingerprint density at radius 1 is 1.12 bits per heavy atom. The lowest BCUT2D eigenvalue weighted by molar-refractivity contribution is -0.132. The molecule has 25 heavy (non-hydrogen) atoms. The minimum absolute atomic E-state index is 0.0941. The van der Waals surface area contributed by atoms with E-state index in [0.29, 0.717) is 6.42 Å². The van der Waals surface area contributed by atoms with Crippen molar-refractivity contribution in [1.82, 2.24) is 14.9 Å². The van der Waals surface area contributed by atoms with Crippen LogP contribution < -0.4 is 0 Å². The average Bonchev–Trinajstić information content (AvgIpc) is 3.29. The fourth-order valence-electron chi connectivity index (χ4n) is 3.71. The fraction of sp³-hybridized carbons (Fsp3) is 0.333. The fourth-order valence-corrected chi connectivity index (χ4v) is 3.71. The molecule has 2 aromatic carbocycles. The molecule has 4 rings (SSSR count). The number of aromatic nitrogens is 2. The summed E-state index contributed by atoms with van der Waals surface area (Å²) >= 11 is 0. The highest BCUT2D eigenvalue weighted by atomic mass is 16.2. The molecule has 1 fully saturated rings. The van der Waals surface area contributed by atoms with Crippen molar-refractivity contribution in [2.75, 3.05) is 6.54 Å². The first-order valence-electron chi connectivity index (χ1n) is 9.09. The van der Waals surface area contributed by atoms with Crippen LogP contribution in [0.5, 0.6) is 0 Å². The Morgan fingerprint density at radius 2 is 1.92 bits per heavy atom. The normalized spacial score (nSPS) is 17.3. The number of hydrogen-bond donors (Lipinski definition) is 1. The van der Waals surface area contributed by atoms with Crippen LogP contribution in [0.1, 0.15) is 43.1 Å². The molecule has 1 atom stereocenters. The number of aromatic amines is 1. The van der Waals surface area contributed by atoms with Crippen molar-refractivity contribution < 1.29 is 4.79 Å². The van der Waals surface area contributed by atoms with E-state index in [2.05, 4.69) is 29.2 Å². The number of aryl methyl sites for hydroxylation is 1. The van der Waals surface area contributed by atoms with E-state index in [4.69, 9.17) is 4.98 Å². The summed E-state index contributed by atoms with van der Waals surface area (Å²) in [6.45, 7) is 0.839. The lowest BCUT2D eigenvalue weighted by Gasteiger charge is -2.23. The molecule has 128 valence electrons. The number of H-pyrrole nitrogens is 1. The highest BCUT2D eigenvalue weighted by Crippen LogP contribution is 2.32. The Bertz CT molecular complexity index is 823. The molecule has 0 aliphatic carbocycles. The first kappa shape index (κ1) is 15.9. The van der Waals surface area contributed by atoms with E-state index in [9.17, 15) is 4.79 Å². The number of likely N-dealkylation sites (tertiary alicyclic amines) is 1. The van der Waals surface area contributed by atoms with Gasteiger partial charge in [0.25, 0.3) is 0 Å². The van der Waals surface area contributed by atoms with Gasteiger partial charge in [0.1, 0.15) is 5.82 Å². The summed E-state index contributed by atoms with van der Waals surface area (Å²) < 4.78 is 0. The Labute approximate surface area is 147 Å². The maximum Gasteiger partial charge on any atom is 0.223 e. The Morgan fingerprint density at radius 3 is 2.76 bits per heavy atom. The van der Waals surface area contributed by atoms with E-state index in [0.717, 1.165) is 49.1 Å². The topological polar surface area (TPSA) is 49.0 Å². The van der Waals surface area contributed by atoms with E-state index in [-0.39, 0.29) is 11.9 Å². The molecule has 0 bridgehead atoms. The molecule has 1 unspecified atom stereocenters. The first-order chi connectivity index (χ1) is 12.3. The van der Waals surface area contributed by atoms with Crippen LogP contribution in [0.4, 0.5) is 0 Å². The van der Waals surface area contributed by atoms with E-state index in [1.54, 1.807) is 0 Å². The van der Waals surface area contributed by atoms with Gasteiger partial charge in [-0.05, 0) is 43.4 Å². The number of benzene rings is 2. The van der Waals surface area contributed by atoms with Gasteiger partial charge in [0.2, 0.25) is 5.91 Å². The van der Waals surface area contributed by atoms with Gasteiger partial charge >= 0.3 is 0 Å². The molecular formula is C21H23N3O. The zero-order valence-corrected chi connectivity index (χ0v) is 14.3. The second-order valence-corrected chi connectivity index (χ2v) is 6.72. The van der Waals surface area contributed by atoms with E-state index >= 15 is 0 Å². The third kappa shape index (κ3) is 3.43. The van der Waals surface area contributed by atoms with Crippen LogP contribution >= 0.6 is 0 Å². The summed E-state index contributed by atoms with van der Waals surface area (Å²) in [4.78, 5) is 22.8. The van der Waals surface area contributed by atoms with Crippen molar-refractivity contribution in [3.05, 3.63) is 66.0 Å². The van der Waals surface area contributed by atoms with Crippen molar-refractivity contribution in [3.8, 4) is 0 Å². The SMILES string of the molecule is O=C(CCCc1ccccc1)N1CCCC1c1nc2ccccc2[nH]1. The first-order valence-corrected chi connectivity index (χ1v) is 9.09. The lowest BCUT2D eigenvalue weighted by atomic mass is 10.1. The number of nitrogens with one attached hydrogen (secondary N) is 1. The number of rotatable bonds is 5. The maximum atomic E-state index is 12.7. The summed E-state index contributed by atoms with van der Waals surface area (Å²) in [6.07, 6.45) is 4.49. The van der Waals surface area contributed by atoms with E-state index in [1.165, 1.54) is 5.56 Å². The van der Waals surface area contributed by atoms with Crippen LogP contribution in [0.25, 0.3) is 11.0 Å². The van der Waals surface area contributed by atoms with Crippen LogP contribution in [0.15, 0.2) is 54.6 Å². The summed E-state index contributed by atoms with van der Waals surface area (Å²) in [6, 6.07) is 18.5. The number of imidazole rings is 1. The molecule has 2 heterocycles. The number of nitrogens with zero attached hydrogens (tertiary/aromatic N) is 2. The molecule has 0 saturated carbocycles. The minimum atomic E-state index is 0.0941. The zero-order chi connectivity index (χ0) is 17.1. The van der Waals surface area contributed by atoms with Gasteiger partial charge in [0, 0.05) is 13.0 Å². The third-order valence-electron chi connectivity index (χ3n) is 5.00. The molecular weight excluding hydrogens is 310 g/mol. The van der Waals surface area contributed by atoms with Gasteiger partial charge in [-0.3, -0.25) is 4.79 Å².